The minimum atomic E-state index is -0.655. The second-order valence-electron chi connectivity index (χ2n) is 8.34. The van der Waals surface area contributed by atoms with E-state index < -0.39 is 18.0 Å². The number of imide groups is 1. The van der Waals surface area contributed by atoms with Crippen molar-refractivity contribution in [1.29, 1.82) is 0 Å². The highest BCUT2D eigenvalue weighted by Gasteiger charge is 2.39. The second kappa shape index (κ2) is 8.93. The van der Waals surface area contributed by atoms with Crippen LogP contribution in [0.15, 0.2) is 54.7 Å². The lowest BCUT2D eigenvalue weighted by molar-refractivity contribution is -0.136. The molecule has 1 aromatic heterocycles. The maximum atomic E-state index is 12.9. The fourth-order valence-corrected chi connectivity index (χ4v) is 4.28. The number of pyridine rings is 1. The van der Waals surface area contributed by atoms with E-state index >= 15 is 0 Å². The monoisotopic (exact) mass is 458 g/mol. The first kappa shape index (κ1) is 21.6. The highest BCUT2D eigenvalue weighted by molar-refractivity contribution is 6.05. The van der Waals surface area contributed by atoms with Crippen molar-refractivity contribution in [2.75, 3.05) is 0 Å². The van der Waals surface area contributed by atoms with Crippen LogP contribution in [0.5, 0.6) is 0 Å². The van der Waals surface area contributed by atoms with Crippen molar-refractivity contribution in [2.24, 2.45) is 0 Å². The summed E-state index contributed by atoms with van der Waals surface area (Å²) in [5.41, 5.74) is 2.68. The molecule has 1 saturated heterocycles. The molecule has 2 aliphatic heterocycles. The maximum absolute atomic E-state index is 12.9. The Morgan fingerprint density at radius 3 is 2.76 bits per heavy atom. The predicted octanol–water partition coefficient (Wildman–Crippen LogP) is 2.42. The Bertz CT molecular complexity index is 1320. The zero-order valence-electron chi connectivity index (χ0n) is 18.2. The van der Waals surface area contributed by atoms with E-state index in [-0.39, 0.29) is 31.4 Å². The van der Waals surface area contributed by atoms with Gasteiger partial charge in [-0.2, -0.15) is 0 Å². The van der Waals surface area contributed by atoms with E-state index in [1.54, 1.807) is 12.3 Å². The van der Waals surface area contributed by atoms with Crippen LogP contribution in [0.3, 0.4) is 0 Å². The quantitative estimate of drug-likeness (QED) is 0.567. The van der Waals surface area contributed by atoms with Crippen molar-refractivity contribution in [2.45, 2.75) is 38.6 Å². The molecular formula is C25H22N4O5. The van der Waals surface area contributed by atoms with Crippen LogP contribution >= 0.6 is 0 Å². The van der Waals surface area contributed by atoms with Crippen LogP contribution in [0, 0.1) is 0 Å². The van der Waals surface area contributed by atoms with Crippen LogP contribution < -0.4 is 10.6 Å². The SMILES string of the molecule is O=C1CCC(N2Cc3ccc(CNC(=O)OCc4cc5ccccc5cn4)cc3C2=O)C(=O)N1. The number of nitrogens with one attached hydrogen (secondary N) is 2. The number of nitrogens with zero attached hydrogens (tertiary/aromatic N) is 2. The van der Waals surface area contributed by atoms with Crippen LogP contribution in [0.1, 0.15) is 40.0 Å². The summed E-state index contributed by atoms with van der Waals surface area (Å²) in [5, 5.41) is 7.01. The molecule has 5 rings (SSSR count). The van der Waals surface area contributed by atoms with Gasteiger partial charge in [0, 0.05) is 36.7 Å². The molecule has 3 heterocycles. The molecular weight excluding hydrogens is 436 g/mol. The van der Waals surface area contributed by atoms with Crippen molar-refractivity contribution in [3.63, 3.8) is 0 Å². The first-order valence-corrected chi connectivity index (χ1v) is 11.0. The van der Waals surface area contributed by atoms with E-state index in [2.05, 4.69) is 15.6 Å². The van der Waals surface area contributed by atoms with Gasteiger partial charge in [0.1, 0.15) is 12.6 Å². The first-order valence-electron chi connectivity index (χ1n) is 11.0. The highest BCUT2D eigenvalue weighted by atomic mass is 16.5. The zero-order chi connectivity index (χ0) is 23.7. The highest BCUT2D eigenvalue weighted by Crippen LogP contribution is 2.28. The molecule has 172 valence electrons. The Kier molecular flexibility index (Phi) is 5.67. The van der Waals surface area contributed by atoms with Crippen molar-refractivity contribution < 1.29 is 23.9 Å². The molecule has 0 saturated carbocycles. The van der Waals surface area contributed by atoms with Crippen LogP contribution in [0.4, 0.5) is 4.79 Å². The summed E-state index contributed by atoms with van der Waals surface area (Å²) in [5.74, 6) is -1.01. The van der Waals surface area contributed by atoms with Crippen LogP contribution in [-0.4, -0.2) is 39.7 Å². The largest absolute Gasteiger partial charge is 0.443 e. The molecule has 2 aromatic carbocycles. The standard InChI is InChI=1S/C25H22N4O5/c30-22-8-7-21(23(31)28-22)29-13-18-6-5-15(9-20(18)24(29)32)11-27-25(33)34-14-19-10-16-3-1-2-4-17(16)12-26-19/h1-6,9-10,12,21H,7-8,11,13-14H2,(H,27,33)(H,28,30,31). The minimum Gasteiger partial charge on any atom is -0.443 e. The molecule has 2 N–H and O–H groups in total. The van der Waals surface area contributed by atoms with Gasteiger partial charge in [0.2, 0.25) is 11.8 Å². The molecule has 0 spiro atoms. The molecule has 1 atom stereocenters. The molecule has 0 radical (unpaired) electrons. The molecule has 1 unspecified atom stereocenters. The molecule has 2 aliphatic rings. The Balaban J connectivity index is 1.17. The number of carbonyl (C=O) groups excluding carboxylic acids is 4. The molecule has 0 aliphatic carbocycles. The minimum absolute atomic E-state index is 0.0419. The average molecular weight is 458 g/mol. The second-order valence-corrected chi connectivity index (χ2v) is 8.34. The van der Waals surface area contributed by atoms with Crippen LogP contribution in [-0.2, 0) is 34.0 Å². The lowest BCUT2D eigenvalue weighted by atomic mass is 10.0. The van der Waals surface area contributed by atoms with Crippen molar-refractivity contribution in [1.82, 2.24) is 20.5 Å². The van der Waals surface area contributed by atoms with Crippen molar-refractivity contribution in [3.8, 4) is 0 Å². The lowest BCUT2D eigenvalue weighted by Gasteiger charge is -2.29. The van der Waals surface area contributed by atoms with Gasteiger partial charge in [0.05, 0.1) is 5.69 Å². The van der Waals surface area contributed by atoms with Gasteiger partial charge in [-0.1, -0.05) is 36.4 Å². The normalized spacial score (nSPS) is 17.5. The number of ether oxygens (including phenoxy) is 1. The molecule has 9 nitrogen and oxygen atoms in total. The Morgan fingerprint density at radius 1 is 1.12 bits per heavy atom. The average Bonchev–Trinajstić information content (AvgIpc) is 3.17. The fraction of sp³-hybridized carbons (Fsp3) is 0.240. The molecule has 3 aromatic rings. The smallest absolute Gasteiger partial charge is 0.407 e. The summed E-state index contributed by atoms with van der Waals surface area (Å²) in [6.07, 6.45) is 1.68. The number of alkyl carbamates (subject to hydrolysis) is 1. The van der Waals surface area contributed by atoms with E-state index in [4.69, 9.17) is 4.74 Å². The Hall–Kier alpha value is -4.27. The van der Waals surface area contributed by atoms with Crippen molar-refractivity contribution in [3.05, 3.63) is 77.1 Å². The van der Waals surface area contributed by atoms with E-state index in [1.807, 2.05) is 42.5 Å². The van der Waals surface area contributed by atoms with Gasteiger partial charge in [0.15, 0.2) is 0 Å². The van der Waals surface area contributed by atoms with Crippen LogP contribution in [0.2, 0.25) is 0 Å². The van der Waals surface area contributed by atoms with Gasteiger partial charge in [-0.05, 0) is 35.1 Å². The molecule has 34 heavy (non-hydrogen) atoms. The summed E-state index contributed by atoms with van der Waals surface area (Å²) in [6, 6.07) is 14.4. The van der Waals surface area contributed by atoms with Crippen molar-refractivity contribution >= 4 is 34.6 Å². The molecule has 9 heteroatoms. The number of hydrogen-bond acceptors (Lipinski definition) is 6. The van der Waals surface area contributed by atoms with Crippen LogP contribution in [0.25, 0.3) is 10.8 Å². The van der Waals surface area contributed by atoms with E-state index in [1.165, 1.54) is 4.90 Å². The lowest BCUT2D eigenvalue weighted by Crippen LogP contribution is -2.52. The zero-order valence-corrected chi connectivity index (χ0v) is 18.2. The topological polar surface area (TPSA) is 118 Å². The third-order valence-corrected chi connectivity index (χ3v) is 6.07. The van der Waals surface area contributed by atoms with Gasteiger partial charge in [-0.15, -0.1) is 0 Å². The summed E-state index contributed by atoms with van der Waals surface area (Å²) < 4.78 is 5.27. The third-order valence-electron chi connectivity index (χ3n) is 6.07. The van der Waals surface area contributed by atoms with Gasteiger partial charge >= 0.3 is 6.09 Å². The number of hydrogen-bond donors (Lipinski definition) is 2. The van der Waals surface area contributed by atoms with Gasteiger partial charge in [-0.25, -0.2) is 4.79 Å². The van der Waals surface area contributed by atoms with Gasteiger partial charge in [-0.3, -0.25) is 24.7 Å². The summed E-state index contributed by atoms with van der Waals surface area (Å²) in [7, 11) is 0. The van der Waals surface area contributed by atoms with Gasteiger partial charge in [0.25, 0.3) is 5.91 Å². The number of rotatable bonds is 5. The predicted molar refractivity (Wildman–Crippen MR) is 121 cm³/mol. The van der Waals surface area contributed by atoms with E-state index in [0.29, 0.717) is 24.2 Å². The number of benzene rings is 2. The number of amides is 4. The number of fused-ring (bicyclic) bond motifs is 2. The number of carbonyl (C=O) groups is 4. The summed E-state index contributed by atoms with van der Waals surface area (Å²) in [6.45, 7) is 0.540. The van der Waals surface area contributed by atoms with Gasteiger partial charge < -0.3 is 15.0 Å². The Labute approximate surface area is 195 Å². The molecule has 1 fully saturated rings. The first-order chi connectivity index (χ1) is 16.5. The number of piperidine rings is 1. The Morgan fingerprint density at radius 2 is 1.94 bits per heavy atom. The summed E-state index contributed by atoms with van der Waals surface area (Å²) in [4.78, 5) is 54.4. The fourth-order valence-electron chi connectivity index (χ4n) is 4.28. The molecule has 0 bridgehead atoms. The van der Waals surface area contributed by atoms with E-state index in [0.717, 1.165) is 21.9 Å². The number of aromatic nitrogens is 1. The van der Waals surface area contributed by atoms with E-state index in [9.17, 15) is 19.2 Å². The third kappa shape index (κ3) is 4.32. The maximum Gasteiger partial charge on any atom is 0.407 e. The molecule has 4 amide bonds. The summed E-state index contributed by atoms with van der Waals surface area (Å²) >= 11 is 0.